The first kappa shape index (κ1) is 15.0. The Labute approximate surface area is 127 Å². The van der Waals surface area contributed by atoms with Crippen LogP contribution in [-0.4, -0.2) is 31.9 Å². The van der Waals surface area contributed by atoms with Crippen LogP contribution in [0.1, 0.15) is 38.2 Å². The number of hydrogen-bond donors (Lipinski definition) is 1. The normalized spacial score (nSPS) is 19.1. The lowest BCUT2D eigenvalue weighted by molar-refractivity contribution is 0.412. The van der Waals surface area contributed by atoms with Gasteiger partial charge in [-0.2, -0.15) is 4.31 Å². The molecule has 0 saturated heterocycles. The maximum absolute atomic E-state index is 12.7. The summed E-state index contributed by atoms with van der Waals surface area (Å²) in [6, 6.07) is 8.01. The van der Waals surface area contributed by atoms with E-state index in [0.29, 0.717) is 29.9 Å². The van der Waals surface area contributed by atoms with Crippen molar-refractivity contribution < 1.29 is 8.42 Å². The smallest absolute Gasteiger partial charge is 0.243 e. The van der Waals surface area contributed by atoms with Gasteiger partial charge in [0.2, 0.25) is 10.0 Å². The van der Waals surface area contributed by atoms with Crippen molar-refractivity contribution in [2.24, 2.45) is 5.92 Å². The van der Waals surface area contributed by atoms with Gasteiger partial charge in [0, 0.05) is 25.7 Å². The fraction of sp³-hybridized carbons (Fsp3) is 0.625. The fourth-order valence-electron chi connectivity index (χ4n) is 2.50. The summed E-state index contributed by atoms with van der Waals surface area (Å²) in [4.78, 5) is 0.431. The maximum atomic E-state index is 12.7. The second-order valence-corrected chi connectivity index (χ2v) is 8.14. The van der Waals surface area contributed by atoms with Crippen LogP contribution in [0.15, 0.2) is 29.2 Å². The van der Waals surface area contributed by atoms with Crippen molar-refractivity contribution in [1.82, 2.24) is 9.62 Å². The van der Waals surface area contributed by atoms with E-state index in [0.717, 1.165) is 24.9 Å². The Kier molecular flexibility index (Phi) is 4.33. The van der Waals surface area contributed by atoms with E-state index >= 15 is 0 Å². The predicted octanol–water partition coefficient (Wildman–Crippen LogP) is 2.36. The summed E-state index contributed by atoms with van der Waals surface area (Å²) in [5, 5.41) is 3.43. The topological polar surface area (TPSA) is 49.4 Å². The van der Waals surface area contributed by atoms with Crippen LogP contribution in [0.3, 0.4) is 0 Å². The largest absolute Gasteiger partial charge is 0.310 e. The molecule has 1 aromatic carbocycles. The van der Waals surface area contributed by atoms with Crippen LogP contribution in [0.2, 0.25) is 0 Å². The lowest BCUT2D eigenvalue weighted by atomic mass is 10.2. The van der Waals surface area contributed by atoms with E-state index in [9.17, 15) is 8.42 Å². The summed E-state index contributed by atoms with van der Waals surface area (Å²) in [5.74, 6) is 0.569. The number of nitrogens with zero attached hydrogens (tertiary/aromatic N) is 1. The van der Waals surface area contributed by atoms with Crippen molar-refractivity contribution in [1.29, 1.82) is 0 Å². The summed E-state index contributed by atoms with van der Waals surface area (Å²) in [7, 11) is -3.35. The molecule has 2 aliphatic rings. The Morgan fingerprint density at radius 3 is 2.62 bits per heavy atom. The minimum Gasteiger partial charge on any atom is -0.310 e. The van der Waals surface area contributed by atoms with E-state index in [1.165, 1.54) is 12.8 Å². The van der Waals surface area contributed by atoms with Crippen molar-refractivity contribution in [2.75, 3.05) is 13.1 Å². The van der Waals surface area contributed by atoms with Gasteiger partial charge in [0.1, 0.15) is 0 Å². The molecule has 0 atom stereocenters. The minimum atomic E-state index is -3.35. The Morgan fingerprint density at radius 1 is 1.24 bits per heavy atom. The third kappa shape index (κ3) is 3.84. The lowest BCUT2D eigenvalue weighted by Crippen LogP contribution is -2.32. The summed E-state index contributed by atoms with van der Waals surface area (Å²) in [5.41, 5.74) is 1.05. The molecule has 1 N–H and O–H groups in total. The van der Waals surface area contributed by atoms with Crippen LogP contribution < -0.4 is 5.32 Å². The Hall–Kier alpha value is -0.910. The SMILES string of the molecule is CCN(CC1CC1)S(=O)(=O)c1cccc(CNC2CC2)c1. The summed E-state index contributed by atoms with van der Waals surface area (Å²) >= 11 is 0. The number of nitrogens with one attached hydrogen (secondary N) is 1. The number of hydrogen-bond acceptors (Lipinski definition) is 3. The molecule has 0 aliphatic heterocycles. The highest BCUT2D eigenvalue weighted by atomic mass is 32.2. The molecule has 5 heteroatoms. The number of rotatable bonds is 8. The third-order valence-corrected chi connectivity index (χ3v) is 6.16. The minimum absolute atomic E-state index is 0.431. The van der Waals surface area contributed by atoms with E-state index in [4.69, 9.17) is 0 Å². The van der Waals surface area contributed by atoms with Gasteiger partial charge in [-0.15, -0.1) is 0 Å². The average molecular weight is 308 g/mol. The molecule has 0 spiro atoms. The van der Waals surface area contributed by atoms with Gasteiger partial charge >= 0.3 is 0 Å². The van der Waals surface area contributed by atoms with E-state index < -0.39 is 10.0 Å². The molecule has 0 unspecified atom stereocenters. The molecule has 4 nitrogen and oxygen atoms in total. The third-order valence-electron chi connectivity index (χ3n) is 4.22. The Balaban J connectivity index is 1.74. The zero-order valence-corrected chi connectivity index (χ0v) is 13.4. The molecule has 0 heterocycles. The highest BCUT2D eigenvalue weighted by molar-refractivity contribution is 7.89. The zero-order chi connectivity index (χ0) is 14.9. The van der Waals surface area contributed by atoms with Crippen LogP contribution >= 0.6 is 0 Å². The molecule has 0 aromatic heterocycles. The van der Waals surface area contributed by atoms with Crippen molar-refractivity contribution in [3.8, 4) is 0 Å². The monoisotopic (exact) mass is 308 g/mol. The highest BCUT2D eigenvalue weighted by Gasteiger charge is 2.30. The predicted molar refractivity (Wildman–Crippen MR) is 83.5 cm³/mol. The average Bonchev–Trinajstić information content (AvgIpc) is 3.37. The molecule has 0 bridgehead atoms. The van der Waals surface area contributed by atoms with Crippen LogP contribution in [0.25, 0.3) is 0 Å². The molecule has 116 valence electrons. The van der Waals surface area contributed by atoms with Gasteiger partial charge in [0.15, 0.2) is 0 Å². The second-order valence-electron chi connectivity index (χ2n) is 6.20. The van der Waals surface area contributed by atoms with Crippen LogP contribution in [0.4, 0.5) is 0 Å². The van der Waals surface area contributed by atoms with Gasteiger partial charge in [0.05, 0.1) is 4.90 Å². The molecule has 2 fully saturated rings. The summed E-state index contributed by atoms with van der Waals surface area (Å²) < 4.78 is 27.1. The van der Waals surface area contributed by atoms with Gasteiger partial charge in [-0.05, 0) is 49.3 Å². The summed E-state index contributed by atoms with van der Waals surface area (Å²) in [6.07, 6.45) is 4.81. The van der Waals surface area contributed by atoms with Crippen molar-refractivity contribution in [2.45, 2.75) is 50.1 Å². The Morgan fingerprint density at radius 2 is 2.00 bits per heavy atom. The van der Waals surface area contributed by atoms with E-state index in [1.54, 1.807) is 10.4 Å². The van der Waals surface area contributed by atoms with Gasteiger partial charge in [-0.3, -0.25) is 0 Å². The van der Waals surface area contributed by atoms with Crippen LogP contribution in [-0.2, 0) is 16.6 Å². The van der Waals surface area contributed by atoms with E-state index in [2.05, 4.69) is 5.32 Å². The number of sulfonamides is 1. The highest BCUT2D eigenvalue weighted by Crippen LogP contribution is 2.31. The van der Waals surface area contributed by atoms with Gasteiger partial charge in [-0.1, -0.05) is 19.1 Å². The molecular weight excluding hydrogens is 284 g/mol. The van der Waals surface area contributed by atoms with Crippen molar-refractivity contribution in [3.05, 3.63) is 29.8 Å². The first-order valence-electron chi connectivity index (χ1n) is 7.92. The standard InChI is InChI=1S/C16H24N2O2S/c1-2-18(12-13-6-7-13)21(19,20)16-5-3-4-14(10-16)11-17-15-8-9-15/h3-5,10,13,15,17H,2,6-9,11-12H2,1H3. The molecular formula is C16H24N2O2S. The van der Waals surface area contributed by atoms with Gasteiger partial charge < -0.3 is 5.32 Å². The Bertz CT molecular complexity index is 592. The molecule has 1 aromatic rings. The maximum Gasteiger partial charge on any atom is 0.243 e. The van der Waals surface area contributed by atoms with Crippen LogP contribution in [0.5, 0.6) is 0 Å². The molecule has 3 rings (SSSR count). The first-order valence-corrected chi connectivity index (χ1v) is 9.36. The quantitative estimate of drug-likeness (QED) is 0.802. The number of benzene rings is 1. The molecule has 2 saturated carbocycles. The van der Waals surface area contributed by atoms with Gasteiger partial charge in [0.25, 0.3) is 0 Å². The van der Waals surface area contributed by atoms with E-state index in [-0.39, 0.29) is 0 Å². The fourth-order valence-corrected chi connectivity index (χ4v) is 4.10. The molecule has 0 radical (unpaired) electrons. The van der Waals surface area contributed by atoms with Crippen molar-refractivity contribution >= 4 is 10.0 Å². The van der Waals surface area contributed by atoms with Gasteiger partial charge in [-0.25, -0.2) is 8.42 Å². The second kappa shape index (κ2) is 6.07. The molecule has 21 heavy (non-hydrogen) atoms. The van der Waals surface area contributed by atoms with Crippen LogP contribution in [0, 0.1) is 5.92 Å². The lowest BCUT2D eigenvalue weighted by Gasteiger charge is -2.20. The molecule has 2 aliphatic carbocycles. The van der Waals surface area contributed by atoms with Crippen molar-refractivity contribution in [3.63, 3.8) is 0 Å². The summed E-state index contributed by atoms with van der Waals surface area (Å²) in [6.45, 7) is 3.88. The van der Waals surface area contributed by atoms with E-state index in [1.807, 2.05) is 25.1 Å². The first-order chi connectivity index (χ1) is 10.1. The molecule has 0 amide bonds. The zero-order valence-electron chi connectivity index (χ0n) is 12.6.